The van der Waals surface area contributed by atoms with Crippen LogP contribution in [0.25, 0.3) is 0 Å². The Morgan fingerprint density at radius 2 is 2.24 bits per heavy atom. The van der Waals surface area contributed by atoms with Gasteiger partial charge in [0.1, 0.15) is 4.64 Å². The highest BCUT2D eigenvalue weighted by molar-refractivity contribution is 7.71. The molecule has 2 rings (SSSR count). The summed E-state index contributed by atoms with van der Waals surface area (Å²) in [4.78, 5) is 4.53. The lowest BCUT2D eigenvalue weighted by atomic mass is 10.0. The van der Waals surface area contributed by atoms with Gasteiger partial charge in [0.15, 0.2) is 0 Å². The summed E-state index contributed by atoms with van der Waals surface area (Å²) in [6.45, 7) is 2.22. The van der Waals surface area contributed by atoms with Crippen molar-refractivity contribution in [3.8, 4) is 0 Å². The number of unbranched alkanes of at least 4 members (excludes halogenated alkanes) is 1. The van der Waals surface area contributed by atoms with Gasteiger partial charge in [-0.2, -0.15) is 0 Å². The van der Waals surface area contributed by atoms with Crippen molar-refractivity contribution in [2.24, 2.45) is 0 Å². The number of rotatable bonds is 5. The molecule has 90 valence electrons. The fourth-order valence-corrected chi connectivity index (χ4v) is 2.92. The average Bonchev–Trinajstić information content (AvgIpc) is 2.83. The first-order valence-corrected chi connectivity index (χ1v) is 7.32. The maximum atomic E-state index is 5.41. The SMILES string of the molecule is CCCCc1cc[nH]c(=S)c1Cc1cccs1. The molecule has 2 aromatic heterocycles. The minimum atomic E-state index is 0.895. The van der Waals surface area contributed by atoms with E-state index in [1.54, 1.807) is 11.3 Å². The summed E-state index contributed by atoms with van der Waals surface area (Å²) in [5, 5.41) is 2.12. The van der Waals surface area contributed by atoms with Crippen LogP contribution in [0, 0.1) is 4.64 Å². The molecule has 3 heteroatoms. The molecule has 0 aliphatic carbocycles. The number of hydrogen-bond donors (Lipinski definition) is 1. The Morgan fingerprint density at radius 3 is 2.94 bits per heavy atom. The zero-order chi connectivity index (χ0) is 12.1. The van der Waals surface area contributed by atoms with Crippen molar-refractivity contribution < 1.29 is 0 Å². The average molecular weight is 263 g/mol. The van der Waals surface area contributed by atoms with Gasteiger partial charge in [0.2, 0.25) is 0 Å². The molecule has 0 amide bonds. The highest BCUT2D eigenvalue weighted by Crippen LogP contribution is 2.19. The van der Waals surface area contributed by atoms with E-state index in [2.05, 4.69) is 35.5 Å². The Balaban J connectivity index is 2.27. The number of H-pyrrole nitrogens is 1. The van der Waals surface area contributed by atoms with E-state index in [0.29, 0.717) is 0 Å². The highest BCUT2D eigenvalue weighted by atomic mass is 32.1. The molecular weight excluding hydrogens is 246 g/mol. The third-order valence-corrected chi connectivity index (χ3v) is 4.13. The summed E-state index contributed by atoms with van der Waals surface area (Å²) in [6, 6.07) is 6.45. The molecule has 0 saturated heterocycles. The predicted molar refractivity (Wildman–Crippen MR) is 77.4 cm³/mol. The monoisotopic (exact) mass is 263 g/mol. The first-order valence-electron chi connectivity index (χ1n) is 6.03. The fourth-order valence-electron chi connectivity index (χ4n) is 1.93. The van der Waals surface area contributed by atoms with Gasteiger partial charge in [0.25, 0.3) is 0 Å². The molecule has 0 unspecified atom stereocenters. The van der Waals surface area contributed by atoms with Gasteiger partial charge in [-0.1, -0.05) is 31.6 Å². The van der Waals surface area contributed by atoms with E-state index in [4.69, 9.17) is 12.2 Å². The first-order chi connectivity index (χ1) is 8.31. The van der Waals surface area contributed by atoms with Crippen molar-refractivity contribution in [1.29, 1.82) is 0 Å². The molecule has 0 aliphatic rings. The van der Waals surface area contributed by atoms with Crippen LogP contribution in [0.2, 0.25) is 0 Å². The van der Waals surface area contributed by atoms with E-state index in [0.717, 1.165) is 17.5 Å². The van der Waals surface area contributed by atoms with E-state index in [1.807, 2.05) is 6.20 Å². The van der Waals surface area contributed by atoms with Crippen LogP contribution >= 0.6 is 23.6 Å². The molecule has 0 fully saturated rings. The molecular formula is C14H17NS2. The van der Waals surface area contributed by atoms with Crippen LogP contribution < -0.4 is 0 Å². The Kier molecular flexibility index (Phi) is 4.51. The quantitative estimate of drug-likeness (QED) is 0.770. The smallest absolute Gasteiger partial charge is 0.107 e. The van der Waals surface area contributed by atoms with Crippen LogP contribution in [0.4, 0.5) is 0 Å². The molecule has 1 nitrogen and oxygen atoms in total. The minimum Gasteiger partial charge on any atom is -0.353 e. The zero-order valence-electron chi connectivity index (χ0n) is 10.0. The third-order valence-electron chi connectivity index (χ3n) is 2.89. The van der Waals surface area contributed by atoms with Crippen molar-refractivity contribution in [2.75, 3.05) is 0 Å². The van der Waals surface area contributed by atoms with Crippen LogP contribution in [0.5, 0.6) is 0 Å². The normalized spacial score (nSPS) is 10.6. The summed E-state index contributed by atoms with van der Waals surface area (Å²) >= 11 is 7.21. The maximum absolute atomic E-state index is 5.41. The Bertz CT molecular complexity index is 511. The van der Waals surface area contributed by atoms with Gasteiger partial charge in [-0.3, -0.25) is 0 Å². The highest BCUT2D eigenvalue weighted by Gasteiger charge is 2.06. The number of pyridine rings is 1. The Hall–Kier alpha value is -0.930. The van der Waals surface area contributed by atoms with E-state index >= 15 is 0 Å². The molecule has 2 aromatic rings. The van der Waals surface area contributed by atoms with Gasteiger partial charge < -0.3 is 4.98 Å². The number of nitrogens with one attached hydrogen (secondary N) is 1. The fraction of sp³-hybridized carbons (Fsp3) is 0.357. The van der Waals surface area contributed by atoms with Crippen LogP contribution in [-0.2, 0) is 12.8 Å². The van der Waals surface area contributed by atoms with Gasteiger partial charge in [0.05, 0.1) is 0 Å². The van der Waals surface area contributed by atoms with Crippen LogP contribution in [0.3, 0.4) is 0 Å². The van der Waals surface area contributed by atoms with E-state index in [9.17, 15) is 0 Å². The van der Waals surface area contributed by atoms with Crippen LogP contribution in [0.1, 0.15) is 35.8 Å². The summed E-state index contributed by atoms with van der Waals surface area (Å²) in [5.41, 5.74) is 2.71. The second kappa shape index (κ2) is 6.12. The topological polar surface area (TPSA) is 15.8 Å². The maximum Gasteiger partial charge on any atom is 0.107 e. The standard InChI is InChI=1S/C14H17NS2/c1-2-3-5-11-7-8-15-14(16)13(11)10-12-6-4-9-17-12/h4,6-9H,2-3,5,10H2,1H3,(H,15,16). The molecule has 2 heterocycles. The molecule has 0 radical (unpaired) electrons. The molecule has 0 spiro atoms. The second-order valence-electron chi connectivity index (χ2n) is 4.17. The number of hydrogen-bond acceptors (Lipinski definition) is 2. The largest absolute Gasteiger partial charge is 0.353 e. The molecule has 0 saturated carbocycles. The van der Waals surface area contributed by atoms with Gasteiger partial charge in [-0.15, -0.1) is 11.3 Å². The lowest BCUT2D eigenvalue weighted by Gasteiger charge is -2.08. The van der Waals surface area contributed by atoms with E-state index in [-0.39, 0.29) is 0 Å². The van der Waals surface area contributed by atoms with Crippen molar-refractivity contribution in [3.05, 3.63) is 50.4 Å². The zero-order valence-corrected chi connectivity index (χ0v) is 11.7. The number of thiophene rings is 1. The Labute approximate surface area is 112 Å². The number of aromatic amines is 1. The summed E-state index contributed by atoms with van der Waals surface area (Å²) in [5.74, 6) is 0. The van der Waals surface area contributed by atoms with Crippen LogP contribution in [0.15, 0.2) is 29.8 Å². The molecule has 0 aromatic carbocycles. The molecule has 1 N–H and O–H groups in total. The molecule has 17 heavy (non-hydrogen) atoms. The summed E-state index contributed by atoms with van der Waals surface area (Å²) in [7, 11) is 0. The molecule has 0 aliphatic heterocycles. The van der Waals surface area contributed by atoms with Gasteiger partial charge in [-0.25, -0.2) is 0 Å². The lowest BCUT2D eigenvalue weighted by molar-refractivity contribution is 0.786. The van der Waals surface area contributed by atoms with E-state index in [1.165, 1.54) is 28.8 Å². The summed E-state index contributed by atoms with van der Waals surface area (Å²) in [6.07, 6.45) is 6.52. The van der Waals surface area contributed by atoms with Gasteiger partial charge in [-0.05, 0) is 41.5 Å². The lowest BCUT2D eigenvalue weighted by Crippen LogP contribution is -1.97. The van der Waals surface area contributed by atoms with Crippen molar-refractivity contribution >= 4 is 23.6 Å². The molecule has 0 atom stereocenters. The minimum absolute atomic E-state index is 0.895. The third kappa shape index (κ3) is 3.27. The summed E-state index contributed by atoms with van der Waals surface area (Å²) < 4.78 is 0.895. The van der Waals surface area contributed by atoms with E-state index < -0.39 is 0 Å². The van der Waals surface area contributed by atoms with Crippen molar-refractivity contribution in [3.63, 3.8) is 0 Å². The van der Waals surface area contributed by atoms with Gasteiger partial charge in [0, 0.05) is 17.5 Å². The van der Waals surface area contributed by atoms with Crippen molar-refractivity contribution in [1.82, 2.24) is 4.98 Å². The molecule has 0 bridgehead atoms. The Morgan fingerprint density at radius 1 is 1.35 bits per heavy atom. The first kappa shape index (κ1) is 12.5. The van der Waals surface area contributed by atoms with Crippen LogP contribution in [-0.4, -0.2) is 4.98 Å². The number of aromatic nitrogens is 1. The predicted octanol–water partition coefficient (Wildman–Crippen LogP) is 4.74. The van der Waals surface area contributed by atoms with Gasteiger partial charge >= 0.3 is 0 Å². The second-order valence-corrected chi connectivity index (χ2v) is 5.61. The van der Waals surface area contributed by atoms with Crippen molar-refractivity contribution in [2.45, 2.75) is 32.6 Å². The number of aryl methyl sites for hydroxylation is 1.